The Kier molecular flexibility index (Phi) is 10.7. The van der Waals surface area contributed by atoms with Gasteiger partial charge in [-0.1, -0.05) is 29.1 Å². The summed E-state index contributed by atoms with van der Waals surface area (Å²) in [5, 5.41) is 81.8. The predicted molar refractivity (Wildman–Crippen MR) is 126 cm³/mol. The third kappa shape index (κ3) is 7.72. The molecule has 0 bridgehead atoms. The van der Waals surface area contributed by atoms with E-state index in [1.54, 1.807) is 0 Å². The molecule has 2 aliphatic rings. The van der Waals surface area contributed by atoms with E-state index < -0.39 is 84.2 Å². The van der Waals surface area contributed by atoms with Crippen LogP contribution in [0.4, 0.5) is 0 Å². The number of aliphatic hydroxyl groups excluding tert-OH is 8. The van der Waals surface area contributed by atoms with Crippen molar-refractivity contribution in [1.29, 1.82) is 0 Å². The summed E-state index contributed by atoms with van der Waals surface area (Å²) in [7, 11) is -4.99. The zero-order valence-corrected chi connectivity index (χ0v) is 21.1. The maximum absolute atomic E-state index is 11.0. The van der Waals surface area contributed by atoms with Crippen LogP contribution in [0.25, 0.3) is 0 Å². The monoisotopic (exact) mass is 587 g/mol. The molecule has 2 heterocycles. The van der Waals surface area contributed by atoms with E-state index in [9.17, 15) is 49.3 Å². The van der Waals surface area contributed by atoms with E-state index in [4.69, 9.17) is 18.8 Å². The molecule has 2 aliphatic heterocycles. The molecule has 0 saturated carbocycles. The number of hydrogen-bond donors (Lipinski definition) is 9. The van der Waals surface area contributed by atoms with E-state index in [0.29, 0.717) is 17.3 Å². The summed E-state index contributed by atoms with van der Waals surface area (Å²) in [4.78, 5) is 0. The molecule has 1 aromatic carbocycles. The maximum atomic E-state index is 11.0. The molecule has 216 valence electrons. The van der Waals surface area contributed by atoms with Crippen molar-refractivity contribution in [1.82, 2.24) is 0 Å². The summed E-state index contributed by atoms with van der Waals surface area (Å²) in [6.45, 7) is -1.32. The molecule has 38 heavy (non-hydrogen) atoms. The third-order valence-corrected chi connectivity index (χ3v) is 7.09. The Morgan fingerprint density at radius 2 is 1.39 bits per heavy atom. The fourth-order valence-corrected chi connectivity index (χ4v) is 4.97. The molecule has 9 N–H and O–H groups in total. The third-order valence-electron chi connectivity index (χ3n) is 5.71. The number of hydrogen-bond acceptors (Lipinski definition) is 16. The SMILES string of the molecule is O=S(=O)(O)O/N=C(/Cc1ccc(O[C@@H]2O[C@H](CO)[C@H](O)[C@H](O)[C@H]2O)cc1)S[C@@H]1O[C@H](CO)[C@@H](O)[C@H](O)[C@H]1O. The Hall–Kier alpha value is -1.65. The highest BCUT2D eigenvalue weighted by molar-refractivity contribution is 8.14. The van der Waals surface area contributed by atoms with E-state index in [1.807, 2.05) is 0 Å². The Morgan fingerprint density at radius 3 is 1.95 bits per heavy atom. The molecule has 10 atom stereocenters. The zero-order chi connectivity index (χ0) is 28.2. The van der Waals surface area contributed by atoms with Crippen molar-refractivity contribution in [2.75, 3.05) is 13.2 Å². The zero-order valence-electron chi connectivity index (χ0n) is 19.4. The van der Waals surface area contributed by atoms with Gasteiger partial charge in [0.1, 0.15) is 65.1 Å². The van der Waals surface area contributed by atoms with Crippen LogP contribution in [0.1, 0.15) is 5.56 Å². The van der Waals surface area contributed by atoms with Crippen molar-refractivity contribution in [3.63, 3.8) is 0 Å². The van der Waals surface area contributed by atoms with Crippen molar-refractivity contribution in [2.24, 2.45) is 5.16 Å². The van der Waals surface area contributed by atoms with Gasteiger partial charge in [0, 0.05) is 6.42 Å². The van der Waals surface area contributed by atoms with E-state index in [1.165, 1.54) is 24.3 Å². The average Bonchev–Trinajstić information content (AvgIpc) is 2.88. The largest absolute Gasteiger partial charge is 0.466 e. The lowest BCUT2D eigenvalue weighted by Gasteiger charge is -2.39. The standard InChI is InChI=1S/C20H29NO15S2/c22-6-10-13(24)15(26)17(28)19(34-10)33-9-3-1-8(2-4-9)5-12(21-36-38(30,31)32)37-20-18(29)16(27)14(25)11(7-23)35-20/h1-4,10-11,13-20,22-29H,5-7H2,(H,30,31,32)/b21-12-/t10-,11-,13+,14-,15+,16+,17-,18-,19-,20+/m1/s1. The highest BCUT2D eigenvalue weighted by atomic mass is 32.3. The van der Waals surface area contributed by atoms with Gasteiger partial charge < -0.3 is 55.1 Å². The van der Waals surface area contributed by atoms with Crippen molar-refractivity contribution in [3.05, 3.63) is 29.8 Å². The van der Waals surface area contributed by atoms with E-state index in [-0.39, 0.29) is 17.2 Å². The molecule has 2 fully saturated rings. The molecular weight excluding hydrogens is 558 g/mol. The number of oxime groups is 1. The van der Waals surface area contributed by atoms with Crippen LogP contribution in [0, 0.1) is 0 Å². The molecule has 2 saturated heterocycles. The molecule has 0 amide bonds. The summed E-state index contributed by atoms with van der Waals surface area (Å²) >= 11 is 0.606. The lowest BCUT2D eigenvalue weighted by atomic mass is 9.99. The van der Waals surface area contributed by atoms with Crippen LogP contribution in [-0.2, 0) is 30.6 Å². The summed E-state index contributed by atoms with van der Waals surface area (Å²) in [6, 6.07) is 5.79. The van der Waals surface area contributed by atoms with Crippen molar-refractivity contribution < 1.29 is 72.3 Å². The molecule has 1 aromatic rings. The first-order valence-electron chi connectivity index (χ1n) is 11.1. The number of thioether (sulfide) groups is 1. The lowest BCUT2D eigenvalue weighted by molar-refractivity contribution is -0.277. The molecular formula is C20H29NO15S2. The lowest BCUT2D eigenvalue weighted by Crippen LogP contribution is -2.60. The second kappa shape index (κ2) is 13.1. The molecule has 0 aliphatic carbocycles. The molecule has 0 radical (unpaired) electrons. The highest BCUT2D eigenvalue weighted by Gasteiger charge is 2.45. The number of aliphatic hydroxyl groups is 8. The van der Waals surface area contributed by atoms with Crippen LogP contribution in [0.2, 0.25) is 0 Å². The van der Waals surface area contributed by atoms with Crippen LogP contribution in [0.3, 0.4) is 0 Å². The molecule has 16 nitrogen and oxygen atoms in total. The predicted octanol–water partition coefficient (Wildman–Crippen LogP) is -3.93. The van der Waals surface area contributed by atoms with Gasteiger partial charge in [0.2, 0.25) is 6.29 Å². The van der Waals surface area contributed by atoms with Gasteiger partial charge in [0.15, 0.2) is 0 Å². The first-order valence-corrected chi connectivity index (χ1v) is 13.3. The summed E-state index contributed by atoms with van der Waals surface area (Å²) in [5.74, 6) is 0.146. The quantitative estimate of drug-likeness (QED) is 0.0578. The Labute approximate surface area is 220 Å². The van der Waals surface area contributed by atoms with Gasteiger partial charge in [-0.15, -0.1) is 0 Å². The second-order valence-corrected chi connectivity index (χ2v) is 10.6. The number of ether oxygens (including phenoxy) is 3. The highest BCUT2D eigenvalue weighted by Crippen LogP contribution is 2.31. The first kappa shape index (κ1) is 30.9. The van der Waals surface area contributed by atoms with Crippen molar-refractivity contribution >= 4 is 27.2 Å². The summed E-state index contributed by atoms with van der Waals surface area (Å²) in [6.07, 6.45) is -13.8. The average molecular weight is 588 g/mol. The first-order chi connectivity index (χ1) is 17.8. The van der Waals surface area contributed by atoms with Crippen LogP contribution >= 0.6 is 11.8 Å². The number of nitrogens with zero attached hydrogens (tertiary/aromatic N) is 1. The van der Waals surface area contributed by atoms with Gasteiger partial charge in [-0.05, 0) is 17.7 Å². The number of benzene rings is 1. The Balaban J connectivity index is 1.72. The Bertz CT molecular complexity index is 1040. The fourth-order valence-electron chi connectivity index (χ4n) is 3.64. The van der Waals surface area contributed by atoms with E-state index >= 15 is 0 Å². The summed E-state index contributed by atoms with van der Waals surface area (Å²) < 4.78 is 51.1. The molecule has 0 unspecified atom stereocenters. The van der Waals surface area contributed by atoms with Crippen molar-refractivity contribution in [3.8, 4) is 5.75 Å². The Morgan fingerprint density at radius 1 is 0.842 bits per heavy atom. The fraction of sp³-hybridized carbons (Fsp3) is 0.650. The van der Waals surface area contributed by atoms with Gasteiger partial charge in [-0.25, -0.2) is 4.28 Å². The van der Waals surface area contributed by atoms with Crippen LogP contribution < -0.4 is 4.74 Å². The van der Waals surface area contributed by atoms with Gasteiger partial charge >= 0.3 is 10.4 Å². The minimum Gasteiger partial charge on any atom is -0.462 e. The smallest absolute Gasteiger partial charge is 0.462 e. The van der Waals surface area contributed by atoms with Gasteiger partial charge in [0.05, 0.1) is 13.2 Å². The van der Waals surface area contributed by atoms with Crippen LogP contribution in [0.15, 0.2) is 29.4 Å². The van der Waals surface area contributed by atoms with Crippen LogP contribution in [-0.4, -0.2) is 133 Å². The topological polar surface area (TPSA) is 265 Å². The minimum absolute atomic E-state index is 0.146. The minimum atomic E-state index is -4.99. The molecule has 0 spiro atoms. The van der Waals surface area contributed by atoms with E-state index in [2.05, 4.69) is 9.44 Å². The summed E-state index contributed by atoms with van der Waals surface area (Å²) in [5.41, 5.74) is -0.857. The normalized spacial score (nSPS) is 36.6. The van der Waals surface area contributed by atoms with E-state index in [0.717, 1.165) is 0 Å². The van der Waals surface area contributed by atoms with Crippen molar-refractivity contribution in [2.45, 2.75) is 67.0 Å². The van der Waals surface area contributed by atoms with Gasteiger partial charge in [0.25, 0.3) is 0 Å². The van der Waals surface area contributed by atoms with Crippen LogP contribution in [0.5, 0.6) is 5.75 Å². The molecule has 18 heteroatoms. The maximum Gasteiger partial charge on any atom is 0.466 e. The number of rotatable bonds is 9. The molecule has 3 rings (SSSR count). The van der Waals surface area contributed by atoms with Gasteiger partial charge in [-0.3, -0.25) is 4.55 Å². The second-order valence-electron chi connectivity index (χ2n) is 8.44. The van der Waals surface area contributed by atoms with Gasteiger partial charge in [-0.2, -0.15) is 8.42 Å². The molecule has 0 aromatic heterocycles.